The third kappa shape index (κ3) is 4.29. The monoisotopic (exact) mass is 445 g/mol. The van der Waals surface area contributed by atoms with Gasteiger partial charge < -0.3 is 14.2 Å². The normalized spacial score (nSPS) is 13.1. The summed E-state index contributed by atoms with van der Waals surface area (Å²) in [6.07, 6.45) is 0. The van der Waals surface area contributed by atoms with Crippen molar-refractivity contribution in [2.45, 2.75) is 11.8 Å². The fraction of sp³-hybridized carbons (Fsp3) is 0.278. The Morgan fingerprint density at radius 1 is 1.11 bits per heavy atom. The molecule has 2 aromatic rings. The standard InChI is InChI=1S/C18H17Cl2NO6S/c1-2-25-18(22)11-21(13-4-6-15-16(10-13)27-8-7-26-15)28(23,24)17-9-12(19)3-5-14(17)20/h3-6,9-10H,2,7-8,11H2,1H3. The number of halogens is 2. The molecule has 10 heteroatoms. The molecule has 1 aliphatic heterocycles. The summed E-state index contributed by atoms with van der Waals surface area (Å²) in [5.41, 5.74) is 0.202. The van der Waals surface area contributed by atoms with Crippen LogP contribution < -0.4 is 13.8 Å². The summed E-state index contributed by atoms with van der Waals surface area (Å²) in [6.45, 7) is 1.94. The number of nitrogens with zero attached hydrogens (tertiary/aromatic N) is 1. The summed E-state index contributed by atoms with van der Waals surface area (Å²) in [4.78, 5) is 11.9. The van der Waals surface area contributed by atoms with Gasteiger partial charge in [-0.1, -0.05) is 23.2 Å². The second-order valence-corrected chi connectivity index (χ2v) is 8.39. The molecule has 150 valence electrons. The molecule has 0 saturated heterocycles. The molecule has 1 aliphatic rings. The summed E-state index contributed by atoms with van der Waals surface area (Å²) in [5.74, 6) is 0.161. The van der Waals surface area contributed by atoms with E-state index in [1.807, 2.05) is 0 Å². The number of ether oxygens (including phenoxy) is 3. The molecule has 0 atom stereocenters. The maximum absolute atomic E-state index is 13.3. The predicted octanol–water partition coefficient (Wildman–Crippen LogP) is 3.52. The van der Waals surface area contributed by atoms with Crippen LogP contribution in [0.1, 0.15) is 6.92 Å². The summed E-state index contributed by atoms with van der Waals surface area (Å²) in [7, 11) is -4.23. The fourth-order valence-electron chi connectivity index (χ4n) is 2.62. The van der Waals surface area contributed by atoms with Gasteiger partial charge in [0.15, 0.2) is 11.5 Å². The van der Waals surface area contributed by atoms with E-state index in [1.54, 1.807) is 13.0 Å². The molecule has 7 nitrogen and oxygen atoms in total. The van der Waals surface area contributed by atoms with Gasteiger partial charge in [0, 0.05) is 11.1 Å². The van der Waals surface area contributed by atoms with Crippen molar-refractivity contribution in [3.8, 4) is 11.5 Å². The van der Waals surface area contributed by atoms with Gasteiger partial charge >= 0.3 is 5.97 Å². The van der Waals surface area contributed by atoms with Crippen LogP contribution in [0, 0.1) is 0 Å². The Hall–Kier alpha value is -2.16. The maximum Gasteiger partial charge on any atom is 0.326 e. The molecule has 0 spiro atoms. The number of sulfonamides is 1. The topological polar surface area (TPSA) is 82.1 Å². The predicted molar refractivity (Wildman–Crippen MR) is 105 cm³/mol. The van der Waals surface area contributed by atoms with Crippen LogP contribution >= 0.6 is 23.2 Å². The van der Waals surface area contributed by atoms with Crippen molar-refractivity contribution in [1.29, 1.82) is 0 Å². The first-order valence-electron chi connectivity index (χ1n) is 8.36. The minimum atomic E-state index is -4.23. The molecular formula is C18H17Cl2NO6S. The third-order valence-electron chi connectivity index (χ3n) is 3.85. The van der Waals surface area contributed by atoms with Crippen molar-refractivity contribution in [1.82, 2.24) is 0 Å². The molecule has 0 aliphatic carbocycles. The minimum absolute atomic E-state index is 0.0178. The zero-order valence-electron chi connectivity index (χ0n) is 14.9. The highest BCUT2D eigenvalue weighted by Crippen LogP contribution is 2.37. The first-order chi connectivity index (χ1) is 13.3. The smallest absolute Gasteiger partial charge is 0.326 e. The first kappa shape index (κ1) is 20.6. The van der Waals surface area contributed by atoms with Gasteiger partial charge in [-0.15, -0.1) is 0 Å². The Morgan fingerprint density at radius 3 is 2.54 bits per heavy atom. The van der Waals surface area contributed by atoms with E-state index >= 15 is 0 Å². The SMILES string of the molecule is CCOC(=O)CN(c1ccc2c(c1)OCCO2)S(=O)(=O)c1cc(Cl)ccc1Cl. The molecular weight excluding hydrogens is 429 g/mol. The lowest BCUT2D eigenvalue weighted by Gasteiger charge is -2.26. The highest BCUT2D eigenvalue weighted by molar-refractivity contribution is 7.93. The molecule has 0 amide bonds. The van der Waals surface area contributed by atoms with Crippen molar-refractivity contribution in [3.63, 3.8) is 0 Å². The van der Waals surface area contributed by atoms with Gasteiger partial charge in [-0.2, -0.15) is 0 Å². The number of esters is 1. The quantitative estimate of drug-likeness (QED) is 0.632. The van der Waals surface area contributed by atoms with Crippen LogP contribution in [0.4, 0.5) is 5.69 Å². The molecule has 2 aromatic carbocycles. The lowest BCUT2D eigenvalue weighted by molar-refractivity contribution is -0.141. The number of benzene rings is 2. The number of hydrogen-bond acceptors (Lipinski definition) is 6. The molecule has 28 heavy (non-hydrogen) atoms. The number of hydrogen-bond donors (Lipinski definition) is 0. The Labute approximate surface area is 172 Å². The molecule has 0 N–H and O–H groups in total. The zero-order valence-corrected chi connectivity index (χ0v) is 17.2. The number of carbonyl (C=O) groups is 1. The van der Waals surface area contributed by atoms with Crippen molar-refractivity contribution >= 4 is 44.9 Å². The van der Waals surface area contributed by atoms with Gasteiger partial charge in [0.1, 0.15) is 24.7 Å². The Bertz CT molecular complexity index is 996. The number of carbonyl (C=O) groups excluding carboxylic acids is 1. The number of anilines is 1. The van der Waals surface area contributed by atoms with Crippen molar-refractivity contribution in [3.05, 3.63) is 46.4 Å². The molecule has 0 radical (unpaired) electrons. The fourth-order valence-corrected chi connectivity index (χ4v) is 4.76. The van der Waals surface area contributed by atoms with E-state index in [4.69, 9.17) is 37.4 Å². The zero-order chi connectivity index (χ0) is 20.3. The van der Waals surface area contributed by atoms with E-state index < -0.39 is 22.5 Å². The van der Waals surface area contributed by atoms with E-state index in [0.29, 0.717) is 24.7 Å². The Morgan fingerprint density at radius 2 is 1.82 bits per heavy atom. The summed E-state index contributed by atoms with van der Waals surface area (Å²) >= 11 is 12.1. The second-order valence-electron chi connectivity index (χ2n) is 5.72. The van der Waals surface area contributed by atoms with E-state index in [9.17, 15) is 13.2 Å². The lowest BCUT2D eigenvalue weighted by atomic mass is 10.2. The van der Waals surface area contributed by atoms with Crippen molar-refractivity contribution < 1.29 is 27.4 Å². The minimum Gasteiger partial charge on any atom is -0.486 e. The molecule has 0 bridgehead atoms. The summed E-state index contributed by atoms with van der Waals surface area (Å²) in [6, 6.07) is 8.67. The van der Waals surface area contributed by atoms with E-state index in [0.717, 1.165) is 4.31 Å². The second kappa shape index (κ2) is 8.46. The van der Waals surface area contributed by atoms with Crippen LogP contribution in [0.3, 0.4) is 0 Å². The van der Waals surface area contributed by atoms with Crippen LogP contribution in [0.25, 0.3) is 0 Å². The average molecular weight is 446 g/mol. The molecule has 0 aromatic heterocycles. The largest absolute Gasteiger partial charge is 0.486 e. The van der Waals surface area contributed by atoms with E-state index in [2.05, 4.69) is 0 Å². The van der Waals surface area contributed by atoms with Gasteiger partial charge in [0.2, 0.25) is 0 Å². The van der Waals surface area contributed by atoms with Gasteiger partial charge in [-0.25, -0.2) is 8.42 Å². The van der Waals surface area contributed by atoms with E-state index in [-0.39, 0.29) is 27.2 Å². The molecule has 0 unspecified atom stereocenters. The molecule has 3 rings (SSSR count). The van der Waals surface area contributed by atoms with Gasteiger partial charge in [0.05, 0.1) is 17.3 Å². The van der Waals surface area contributed by atoms with Crippen molar-refractivity contribution in [2.75, 3.05) is 30.7 Å². The Kier molecular flexibility index (Phi) is 6.22. The lowest BCUT2D eigenvalue weighted by Crippen LogP contribution is -2.37. The van der Waals surface area contributed by atoms with Crippen LogP contribution in [0.2, 0.25) is 10.0 Å². The summed E-state index contributed by atoms with van der Waals surface area (Å²) in [5, 5.41) is 0.178. The molecule has 0 saturated carbocycles. The van der Waals surface area contributed by atoms with Crippen molar-refractivity contribution in [2.24, 2.45) is 0 Å². The molecule has 0 fully saturated rings. The third-order valence-corrected chi connectivity index (χ3v) is 6.34. The number of rotatable bonds is 6. The van der Waals surface area contributed by atoms with Crippen LogP contribution in [-0.4, -0.2) is 40.8 Å². The maximum atomic E-state index is 13.3. The van der Waals surface area contributed by atoms with Gasteiger partial charge in [-0.3, -0.25) is 9.10 Å². The van der Waals surface area contributed by atoms with Crippen LogP contribution in [0.5, 0.6) is 11.5 Å². The Balaban J connectivity index is 2.08. The van der Waals surface area contributed by atoms with Crippen LogP contribution in [-0.2, 0) is 19.6 Å². The summed E-state index contributed by atoms with van der Waals surface area (Å²) < 4.78 is 43.4. The number of fused-ring (bicyclic) bond motifs is 1. The van der Waals surface area contributed by atoms with E-state index in [1.165, 1.54) is 30.3 Å². The first-order valence-corrected chi connectivity index (χ1v) is 10.6. The highest BCUT2D eigenvalue weighted by Gasteiger charge is 2.31. The van der Waals surface area contributed by atoms with Gasteiger partial charge in [0.25, 0.3) is 10.0 Å². The highest BCUT2D eigenvalue weighted by atomic mass is 35.5. The van der Waals surface area contributed by atoms with Crippen LogP contribution in [0.15, 0.2) is 41.3 Å². The van der Waals surface area contributed by atoms with Gasteiger partial charge in [-0.05, 0) is 37.3 Å². The average Bonchev–Trinajstić information content (AvgIpc) is 2.67. The molecule has 1 heterocycles.